The van der Waals surface area contributed by atoms with Gasteiger partial charge in [0.1, 0.15) is 0 Å². The van der Waals surface area contributed by atoms with Gasteiger partial charge in [0.05, 0.1) is 18.3 Å². The van der Waals surface area contributed by atoms with Crippen LogP contribution in [0, 0.1) is 86.9 Å². The van der Waals surface area contributed by atoms with Crippen molar-refractivity contribution in [1.29, 1.82) is 0 Å². The van der Waals surface area contributed by atoms with Crippen molar-refractivity contribution in [3.63, 3.8) is 0 Å². The number of Topliss-reactive ketones (excluding diaryl/α,β-unsaturated/α-hetero) is 1. The SMILES string of the molecule is C.CON(C)C(=O)[C@H]1CC[C@H]2[C@@H]3CC[C@H]4C[C@](C)(O)CC[C@]4(C)[C@H]3CC[C@]12C.C[C@@]1(O)CC[C@@]2(C)[C@@H](CC[C@@H]3[C@@H]2CC[C@]2(C)[C@@H](C(=O)c4ccc(-c5ccccc5)cc4)CC[C@@H]32)C1.[B]B([B])B(B([B])[B])B(B(B([B])[B])B([B])[B])B(B(B([B])[B])B([B])[B])B(B([B])[B])B([B])[B].[Br-].[Mg+2].[c-]1ccc(-c2ccccc2)cc1. The molecule has 38 heteroatoms. The molecule has 8 fully saturated rings. The third kappa shape index (κ3) is 20.9. The van der Waals surface area contributed by atoms with Gasteiger partial charge in [-0.2, -0.15) is 30.3 Å². The van der Waals surface area contributed by atoms with E-state index in [2.05, 4.69) is 113 Å². The molecule has 107 heavy (non-hydrogen) atoms. The summed E-state index contributed by atoms with van der Waals surface area (Å²) < 4.78 is 0. The van der Waals surface area contributed by atoms with Gasteiger partial charge in [-0.3, -0.25) is 14.4 Å². The maximum atomic E-state index is 13.8. The second kappa shape index (κ2) is 39.8. The minimum Gasteiger partial charge on any atom is -1.00 e. The molecule has 2 N–H and O–H groups in total. The molecule has 8 aliphatic rings. The van der Waals surface area contributed by atoms with Crippen molar-refractivity contribution in [2.45, 2.75) is 176 Å². The molecule has 0 aliphatic heterocycles. The van der Waals surface area contributed by atoms with Crippen LogP contribution >= 0.6 is 0 Å². The van der Waals surface area contributed by atoms with Gasteiger partial charge in [-0.05, 0) is 215 Å². The first-order chi connectivity index (χ1) is 48.9. The van der Waals surface area contributed by atoms with E-state index >= 15 is 0 Å². The zero-order chi connectivity index (χ0) is 76.3. The molecule has 0 bridgehead atoms. The summed E-state index contributed by atoms with van der Waals surface area (Å²) in [5.41, 5.74) is 5.87. The molecule has 8 saturated carbocycles. The van der Waals surface area contributed by atoms with Gasteiger partial charge < -0.3 is 27.2 Å². The second-order valence-electron chi connectivity index (χ2n) is 35.1. The van der Waals surface area contributed by atoms with Crippen molar-refractivity contribution < 1.29 is 41.6 Å². The summed E-state index contributed by atoms with van der Waals surface area (Å²) in [5.74, 6) is 6.60. The predicted octanol–water partition coefficient (Wildman–Crippen LogP) is 1.35. The van der Waals surface area contributed by atoms with Gasteiger partial charge in [-0.25, -0.2) is 5.06 Å². The Morgan fingerprint density at radius 1 is 0.411 bits per heavy atom. The Kier molecular flexibility index (Phi) is 35.3. The van der Waals surface area contributed by atoms with Gasteiger partial charge >= 0.3 is 23.1 Å². The number of carbonyl (C=O) groups excluding carboxylic acids is 2. The maximum Gasteiger partial charge on any atom is 2.00 e. The van der Waals surface area contributed by atoms with E-state index < -0.39 is 101 Å². The van der Waals surface area contributed by atoms with E-state index in [-0.39, 0.29) is 76.0 Å². The van der Waals surface area contributed by atoms with Crippen molar-refractivity contribution in [3.05, 3.63) is 121 Å². The zero-order valence-corrected chi connectivity index (χ0v) is 67.9. The first-order valence-electron chi connectivity index (χ1n) is 38.9. The smallest absolute Gasteiger partial charge is 1.00 e. The molecule has 0 unspecified atom stereocenters. The Balaban J connectivity index is 0.000000231. The Morgan fingerprint density at radius 3 is 1.07 bits per heavy atom. The maximum absolute atomic E-state index is 13.8. The summed E-state index contributed by atoms with van der Waals surface area (Å²) in [6, 6.07) is 40.1. The number of hydroxylamine groups is 2. The van der Waals surface area contributed by atoms with Gasteiger partial charge in [0.15, 0.2) is 5.78 Å². The van der Waals surface area contributed by atoms with Crippen LogP contribution in [-0.4, -0.2) is 289 Å². The van der Waals surface area contributed by atoms with E-state index in [9.17, 15) is 19.8 Å². The monoisotopic (exact) mass is 1450 g/mol. The van der Waals surface area contributed by atoms with Crippen LogP contribution in [0.5, 0.6) is 0 Å². The van der Waals surface area contributed by atoms with E-state index in [1.807, 2.05) is 43.3 Å². The number of nitrogens with zero attached hydrogens (tertiary/aromatic N) is 1. The minimum atomic E-state index is -1.07. The van der Waals surface area contributed by atoms with E-state index in [1.54, 1.807) is 14.2 Å². The minimum absolute atomic E-state index is 0. The van der Waals surface area contributed by atoms with Crippen LogP contribution in [0.3, 0.4) is 0 Å². The summed E-state index contributed by atoms with van der Waals surface area (Å²) in [6.45, 7) is 14.0. The molecule has 0 spiro atoms. The van der Waals surface area contributed by atoms with Crippen molar-refractivity contribution >= 4 is 248 Å². The fraction of sp³-hybridized carbons (Fsp3) is 0.623. The molecule has 4 aromatic carbocycles. The predicted molar refractivity (Wildman–Crippen MR) is 483 cm³/mol. The van der Waals surface area contributed by atoms with E-state index in [1.165, 1.54) is 104 Å². The number of benzene rings is 4. The summed E-state index contributed by atoms with van der Waals surface area (Å²) in [5, 5.41) is 22.8. The van der Waals surface area contributed by atoms with Gasteiger partial charge in [0, 0.05) is 238 Å². The van der Waals surface area contributed by atoms with Crippen molar-refractivity contribution in [2.24, 2.45) is 80.8 Å². The molecule has 504 valence electrons. The van der Waals surface area contributed by atoms with Crippen molar-refractivity contribution in [1.82, 2.24) is 5.06 Å². The Labute approximate surface area is 702 Å². The Morgan fingerprint density at radius 2 is 0.729 bits per heavy atom. The van der Waals surface area contributed by atoms with Gasteiger partial charge in [0.25, 0.3) is 0 Å². The van der Waals surface area contributed by atoms with E-state index in [0.29, 0.717) is 40.3 Å². The van der Waals surface area contributed by atoms with Crippen LogP contribution in [0.4, 0.5) is 0 Å². The number of hydrogen-bond acceptors (Lipinski definition) is 5. The molecule has 6 nitrogen and oxygen atoms in total. The van der Waals surface area contributed by atoms with Gasteiger partial charge in [-0.15, -0.1) is 5.56 Å². The Hall–Kier alpha value is -0.906. The van der Waals surface area contributed by atoms with Crippen LogP contribution in [-0.2, 0) is 9.63 Å². The average molecular weight is 1450 g/mol. The summed E-state index contributed by atoms with van der Waals surface area (Å²) in [4.78, 5) is 32.0. The number of rotatable bonds is 19. The molecule has 32 radical (unpaired) electrons. The molecule has 1 amide bonds. The first-order valence-corrected chi connectivity index (χ1v) is 38.9. The van der Waals surface area contributed by atoms with E-state index in [4.69, 9.17) is 129 Å². The van der Waals surface area contributed by atoms with E-state index in [0.717, 1.165) is 67.8 Å². The van der Waals surface area contributed by atoms with Gasteiger partial charge in [0.2, 0.25) is 5.91 Å². The molecule has 0 heterocycles. The fourth-order valence-corrected chi connectivity index (χ4v) is 23.5. The molecule has 12 rings (SSSR count). The fourth-order valence-electron chi connectivity index (χ4n) is 23.5. The second-order valence-corrected chi connectivity index (χ2v) is 35.1. The molecular weight excluding hydrogens is 1350 g/mol. The number of halogens is 1. The zero-order valence-electron chi connectivity index (χ0n) is 64.9. The molecular formula is C69H94B30BrMgNO5. The number of hydrogen-bond donors (Lipinski definition) is 2. The van der Waals surface area contributed by atoms with Crippen LogP contribution in [0.25, 0.3) is 22.3 Å². The first kappa shape index (κ1) is 94.9. The number of amides is 1. The third-order valence-electron chi connectivity index (χ3n) is 29.0. The summed E-state index contributed by atoms with van der Waals surface area (Å²) >= 11 is 0. The molecule has 16 atom stereocenters. The van der Waals surface area contributed by atoms with Gasteiger partial charge in [-0.1, -0.05) is 120 Å². The summed E-state index contributed by atoms with van der Waals surface area (Å²) in [6.07, 6.45) is 6.99. The topological polar surface area (TPSA) is 87.1 Å². The van der Waals surface area contributed by atoms with Crippen molar-refractivity contribution in [3.8, 4) is 22.3 Å². The van der Waals surface area contributed by atoms with Crippen LogP contribution in [0.1, 0.15) is 175 Å². The molecule has 0 saturated heterocycles. The number of aliphatic hydroxyl groups is 2. The van der Waals surface area contributed by atoms with Crippen LogP contribution < -0.4 is 17.0 Å². The number of carbonyl (C=O) groups is 2. The van der Waals surface area contributed by atoms with Crippen LogP contribution in [0.15, 0.2) is 109 Å². The number of ketones is 1. The van der Waals surface area contributed by atoms with Crippen LogP contribution in [0.2, 0.25) is 0 Å². The molecule has 0 aromatic heterocycles. The Bertz CT molecular complexity index is 3260. The largest absolute Gasteiger partial charge is 2.00 e. The molecule has 8 aliphatic carbocycles. The molecule has 4 aromatic rings. The number of fused-ring (bicyclic) bond motifs is 10. The van der Waals surface area contributed by atoms with Crippen molar-refractivity contribution in [2.75, 3.05) is 14.2 Å². The third-order valence-corrected chi connectivity index (χ3v) is 29.0. The average Bonchev–Trinajstić information content (AvgIpc) is 1.68. The summed E-state index contributed by atoms with van der Waals surface area (Å²) in [7, 11) is 99.7. The quantitative estimate of drug-likeness (QED) is 0.0642. The normalized spacial score (nSPS) is 30.7. The standard InChI is InChI=1S/C33H42O2.C23H39NO3.C12H9.CH4.B30.BrH.Mg/c1-31(35)19-20-32(2)25(21-31)13-14-26-27-15-16-29(33(27,3)18-17-28(26)32)30(34)24-11-9-23(10-12-24)22-7-5-4-6-8-22;1-21(26)12-13-22(2)15(14-21)6-7-16-17-8-9-19(20(25)24(4)27-5)23(17,3)11-10-18(16)22;1-3-7-11(8-4-1)12-9-5-2-6-10-12;;1-17(2)25(18(3)4)29(26(19(5)6)20(7)8)30(27(21(9)10)22(11)12)28(23(13)14)24(15)16;;/h4-12,25-29,35H,13-21H2,1-3H3;15-19,26H,6-14H2,1-5H3;1,3-10H;1H4;;1H;/q;;-1;;;;+2/p-1/t25-,26-,27-,28-,29+,31+,32-,33-;15-,16-,17-,18-,19+,21+,22-,23-;;;;;/m00...../s1.